The molecule has 1 amide bonds. The van der Waals surface area contributed by atoms with E-state index in [1.807, 2.05) is 24.8 Å². The Morgan fingerprint density at radius 3 is 2.75 bits per heavy atom. The summed E-state index contributed by atoms with van der Waals surface area (Å²) in [5, 5.41) is 13.1. The van der Waals surface area contributed by atoms with Crippen LogP contribution in [0.4, 0.5) is 0 Å². The van der Waals surface area contributed by atoms with Crippen LogP contribution in [-0.4, -0.2) is 38.9 Å². The molecule has 0 aliphatic heterocycles. The van der Waals surface area contributed by atoms with E-state index in [-0.39, 0.29) is 11.5 Å². The van der Waals surface area contributed by atoms with Gasteiger partial charge in [-0.25, -0.2) is 4.98 Å². The fourth-order valence-corrected chi connectivity index (χ4v) is 3.85. The van der Waals surface area contributed by atoms with Gasteiger partial charge in [-0.05, 0) is 38.4 Å². The van der Waals surface area contributed by atoms with Crippen molar-refractivity contribution < 1.29 is 4.79 Å². The Hall–Kier alpha value is -2.72. The first-order chi connectivity index (χ1) is 13.5. The quantitative estimate of drug-likeness (QED) is 0.800. The van der Waals surface area contributed by atoms with E-state index in [9.17, 15) is 14.9 Å². The van der Waals surface area contributed by atoms with Crippen molar-refractivity contribution in [3.8, 4) is 6.07 Å². The molecule has 0 radical (unpaired) electrons. The Balaban J connectivity index is 1.74. The van der Waals surface area contributed by atoms with E-state index in [0.717, 1.165) is 19.3 Å². The molecule has 2 N–H and O–H groups in total. The average Bonchev–Trinajstić information content (AvgIpc) is 2.72. The van der Waals surface area contributed by atoms with Crippen LogP contribution in [0.1, 0.15) is 51.8 Å². The lowest BCUT2D eigenvalue weighted by Gasteiger charge is -2.34. The predicted octanol–water partition coefficient (Wildman–Crippen LogP) is 2.48. The molecule has 0 bridgehead atoms. The number of nitrogens with zero attached hydrogens (tertiary/aromatic N) is 3. The van der Waals surface area contributed by atoms with Crippen molar-refractivity contribution in [2.75, 3.05) is 6.54 Å². The molecule has 1 aromatic heterocycles. The fourth-order valence-electron chi connectivity index (χ4n) is 3.85. The second kappa shape index (κ2) is 8.53. The van der Waals surface area contributed by atoms with Crippen LogP contribution in [0.15, 0.2) is 29.1 Å². The summed E-state index contributed by atoms with van der Waals surface area (Å²) < 4.78 is 0. The molecule has 2 aromatic rings. The highest BCUT2D eigenvalue weighted by molar-refractivity contribution is 5.82. The molecule has 28 heavy (non-hydrogen) atoms. The molecule has 0 saturated heterocycles. The zero-order chi connectivity index (χ0) is 20.1. The van der Waals surface area contributed by atoms with Crippen LogP contribution in [0.5, 0.6) is 0 Å². The summed E-state index contributed by atoms with van der Waals surface area (Å²) in [6.07, 6.45) is 4.43. The van der Waals surface area contributed by atoms with Crippen molar-refractivity contribution in [1.29, 1.82) is 5.26 Å². The Kier molecular flexibility index (Phi) is 6.10. The van der Waals surface area contributed by atoms with Crippen molar-refractivity contribution in [2.45, 2.75) is 64.1 Å². The van der Waals surface area contributed by atoms with Gasteiger partial charge >= 0.3 is 0 Å². The normalized spacial score (nSPS) is 17.2. The molecule has 7 heteroatoms. The summed E-state index contributed by atoms with van der Waals surface area (Å²) in [6.45, 7) is 4.75. The van der Waals surface area contributed by atoms with Gasteiger partial charge in [-0.1, -0.05) is 38.3 Å². The number of benzene rings is 1. The zero-order valence-corrected chi connectivity index (χ0v) is 16.5. The van der Waals surface area contributed by atoms with Crippen molar-refractivity contribution in [3.63, 3.8) is 0 Å². The summed E-state index contributed by atoms with van der Waals surface area (Å²) in [4.78, 5) is 34.4. The minimum atomic E-state index is -0.751. The van der Waals surface area contributed by atoms with Gasteiger partial charge < -0.3 is 10.3 Å². The fraction of sp³-hybridized carbons (Fsp3) is 0.524. The number of H-pyrrole nitrogens is 1. The first kappa shape index (κ1) is 20.0. The number of hydrogen-bond acceptors (Lipinski definition) is 5. The molecule has 1 aliphatic carbocycles. The molecular formula is C21H27N5O2. The average molecular weight is 381 g/mol. The number of aromatic nitrogens is 2. The van der Waals surface area contributed by atoms with E-state index < -0.39 is 11.6 Å². The molecule has 7 nitrogen and oxygen atoms in total. The number of nitrogens with one attached hydrogen (secondary N) is 2. The van der Waals surface area contributed by atoms with Gasteiger partial charge in [-0.2, -0.15) is 5.26 Å². The van der Waals surface area contributed by atoms with E-state index in [0.29, 0.717) is 42.7 Å². The number of carbonyl (C=O) groups excluding carboxylic acids is 1. The van der Waals surface area contributed by atoms with Crippen molar-refractivity contribution in [2.24, 2.45) is 0 Å². The largest absolute Gasteiger partial charge is 0.336 e. The first-order valence-corrected chi connectivity index (χ1v) is 9.93. The minimum Gasteiger partial charge on any atom is -0.336 e. The lowest BCUT2D eigenvalue weighted by Crippen LogP contribution is -2.54. The van der Waals surface area contributed by atoms with Crippen LogP contribution in [0.3, 0.4) is 0 Å². The highest BCUT2D eigenvalue weighted by atomic mass is 16.2. The molecule has 1 unspecified atom stereocenters. The van der Waals surface area contributed by atoms with E-state index in [2.05, 4.69) is 21.4 Å². The molecule has 1 heterocycles. The summed E-state index contributed by atoms with van der Waals surface area (Å²) in [5.41, 5.74) is -0.294. The van der Waals surface area contributed by atoms with Crippen LogP contribution in [0.25, 0.3) is 10.9 Å². The van der Waals surface area contributed by atoms with Crippen LogP contribution in [0, 0.1) is 11.3 Å². The van der Waals surface area contributed by atoms with E-state index >= 15 is 0 Å². The number of nitriles is 1. The van der Waals surface area contributed by atoms with Crippen molar-refractivity contribution in [1.82, 2.24) is 20.2 Å². The number of carbonyl (C=O) groups is 1. The third-order valence-electron chi connectivity index (χ3n) is 5.63. The van der Waals surface area contributed by atoms with Gasteiger partial charge in [0.1, 0.15) is 11.4 Å². The third kappa shape index (κ3) is 4.23. The van der Waals surface area contributed by atoms with Gasteiger partial charge in [-0.15, -0.1) is 0 Å². The number of amides is 1. The molecule has 1 saturated carbocycles. The second-order valence-corrected chi connectivity index (χ2v) is 7.51. The first-order valence-electron chi connectivity index (χ1n) is 9.93. The predicted molar refractivity (Wildman–Crippen MR) is 107 cm³/mol. The molecule has 148 valence electrons. The molecule has 1 atom stereocenters. The van der Waals surface area contributed by atoms with Gasteiger partial charge in [0.2, 0.25) is 5.91 Å². The number of rotatable bonds is 6. The zero-order valence-electron chi connectivity index (χ0n) is 16.5. The van der Waals surface area contributed by atoms with Crippen LogP contribution in [0.2, 0.25) is 0 Å². The highest BCUT2D eigenvalue weighted by Gasteiger charge is 2.35. The van der Waals surface area contributed by atoms with Gasteiger partial charge in [0.15, 0.2) is 0 Å². The maximum absolute atomic E-state index is 12.8. The Labute approximate surface area is 164 Å². The van der Waals surface area contributed by atoms with E-state index in [4.69, 9.17) is 0 Å². The van der Waals surface area contributed by atoms with Gasteiger partial charge in [0, 0.05) is 0 Å². The maximum atomic E-state index is 12.8. The SMILES string of the molecule is CCN(Cc1nc2ccccc2c(=O)[nH]1)C(C)C(=O)NC1(C#N)CCCCC1. The van der Waals surface area contributed by atoms with Crippen molar-refractivity contribution >= 4 is 16.8 Å². The Morgan fingerprint density at radius 2 is 2.07 bits per heavy atom. The standard InChI is InChI=1S/C21H27N5O2/c1-3-26(13-18-23-17-10-6-5-9-16(17)20(28)24-18)15(2)19(27)25-21(14-22)11-7-4-8-12-21/h5-6,9-10,15H,3-4,7-8,11-13H2,1-2H3,(H,25,27)(H,23,24,28). The lowest BCUT2D eigenvalue weighted by molar-refractivity contribution is -0.127. The molecule has 1 aliphatic rings. The second-order valence-electron chi connectivity index (χ2n) is 7.51. The van der Waals surface area contributed by atoms with Gasteiger partial charge in [-0.3, -0.25) is 14.5 Å². The Morgan fingerprint density at radius 1 is 1.36 bits per heavy atom. The summed E-state index contributed by atoms with van der Waals surface area (Å²) in [5.74, 6) is 0.367. The van der Waals surface area contributed by atoms with E-state index in [1.165, 1.54) is 0 Å². The van der Waals surface area contributed by atoms with Crippen LogP contribution < -0.4 is 10.9 Å². The molecule has 3 rings (SSSR count). The third-order valence-corrected chi connectivity index (χ3v) is 5.63. The topological polar surface area (TPSA) is 102 Å². The van der Waals surface area contributed by atoms with Crippen LogP contribution in [-0.2, 0) is 11.3 Å². The minimum absolute atomic E-state index is 0.159. The van der Waals surface area contributed by atoms with E-state index in [1.54, 1.807) is 18.2 Å². The molecule has 1 fully saturated rings. The number of aromatic amines is 1. The number of hydrogen-bond donors (Lipinski definition) is 2. The molecular weight excluding hydrogens is 354 g/mol. The molecule has 1 aromatic carbocycles. The number of para-hydroxylation sites is 1. The summed E-state index contributed by atoms with van der Waals surface area (Å²) >= 11 is 0. The summed E-state index contributed by atoms with van der Waals surface area (Å²) in [6, 6.07) is 9.09. The number of fused-ring (bicyclic) bond motifs is 1. The monoisotopic (exact) mass is 381 g/mol. The highest BCUT2D eigenvalue weighted by Crippen LogP contribution is 2.27. The Bertz CT molecular complexity index is 940. The van der Waals surface area contributed by atoms with Gasteiger partial charge in [0.05, 0.1) is 29.6 Å². The smallest absolute Gasteiger partial charge is 0.258 e. The maximum Gasteiger partial charge on any atom is 0.258 e. The summed E-state index contributed by atoms with van der Waals surface area (Å²) in [7, 11) is 0. The van der Waals surface area contributed by atoms with Gasteiger partial charge in [0.25, 0.3) is 5.56 Å². The molecule has 0 spiro atoms. The van der Waals surface area contributed by atoms with Crippen molar-refractivity contribution in [3.05, 3.63) is 40.4 Å². The lowest BCUT2D eigenvalue weighted by atomic mass is 9.82. The van der Waals surface area contributed by atoms with Crippen LogP contribution >= 0.6 is 0 Å². The number of likely N-dealkylation sites (N-methyl/N-ethyl adjacent to an activating group) is 1.